The van der Waals surface area contributed by atoms with Crippen molar-refractivity contribution in [2.24, 2.45) is 0 Å². The van der Waals surface area contributed by atoms with E-state index in [0.717, 1.165) is 0 Å². The summed E-state index contributed by atoms with van der Waals surface area (Å²) in [6, 6.07) is 10.8. The molecule has 22 N–H and O–H groups in total. The Bertz CT molecular complexity index is 4520. The maximum atomic E-state index is 14.7. The van der Waals surface area contributed by atoms with Crippen LogP contribution in [0, 0.1) is 0 Å². The van der Waals surface area contributed by atoms with Gasteiger partial charge in [0.05, 0.1) is 51.1 Å². The third kappa shape index (κ3) is 34.8. The van der Waals surface area contributed by atoms with E-state index in [1.165, 1.54) is 72.8 Å². The molecular formula is C82H114N17O27P. The van der Waals surface area contributed by atoms with Gasteiger partial charge in [-0.25, -0.2) is 19.2 Å². The number of hydrogen-bond acceptors (Lipinski definition) is 26. The van der Waals surface area contributed by atoms with E-state index in [4.69, 9.17) is 9.63 Å². The Hall–Kier alpha value is -12.4. The number of carboxylic acids is 4. The lowest BCUT2D eigenvalue weighted by molar-refractivity contribution is -0.143. The molecule has 44 nitrogen and oxygen atoms in total. The van der Waals surface area contributed by atoms with Crippen LogP contribution in [0.15, 0.2) is 72.8 Å². The molecule has 0 aromatic heterocycles. The third-order valence-corrected chi connectivity index (χ3v) is 22.2. The minimum atomic E-state index is -4.81. The topological polar surface area (TPSA) is 651 Å². The Morgan fingerprint density at radius 3 is 1.05 bits per heavy atom. The van der Waals surface area contributed by atoms with Crippen molar-refractivity contribution in [2.75, 3.05) is 144 Å². The van der Waals surface area contributed by atoms with Crippen molar-refractivity contribution in [1.82, 2.24) is 88.5 Å². The number of aliphatic carboxylic acids is 4. The number of amides is 12. The highest BCUT2D eigenvalue weighted by Gasteiger charge is 2.33. The number of phenolic OH excluding ortho intramolecular Hbond substituents is 4. The van der Waals surface area contributed by atoms with Gasteiger partial charge in [-0.1, -0.05) is 30.7 Å². The number of aromatic hydroxyl groups is 4. The van der Waals surface area contributed by atoms with E-state index in [-0.39, 0.29) is 245 Å². The number of nitrogens with zero attached hydrogens (tertiary/aromatic N) is 4. The first-order valence-corrected chi connectivity index (χ1v) is 43.5. The average molecular weight is 1800 g/mol. The van der Waals surface area contributed by atoms with Gasteiger partial charge in [0.25, 0.3) is 47.3 Å². The Morgan fingerprint density at radius 2 is 0.685 bits per heavy atom. The number of unbranched alkanes of at least 4 members (excludes halogenated alkanes) is 3. The number of carboxylic acid groups (broad SMARTS) is 4. The molecule has 4 heterocycles. The average Bonchev–Trinajstić information content (AvgIpc) is 0.847. The summed E-state index contributed by atoms with van der Waals surface area (Å²) in [6.45, 7) is 0.565. The van der Waals surface area contributed by atoms with Gasteiger partial charge in [-0.3, -0.25) is 91.2 Å². The largest absolute Gasteiger partial charge is 0.506 e. The number of phenols is 4. The fraction of sp³-hybridized carbons (Fsp3) is 0.512. The molecule has 0 aliphatic carbocycles. The minimum absolute atomic E-state index is 0.00990. The summed E-state index contributed by atoms with van der Waals surface area (Å²) in [5.74, 6) is -16.6. The number of nitrogens with one attached hydrogen (secondary N) is 13. The summed E-state index contributed by atoms with van der Waals surface area (Å²) in [7, 11) is -4.81. The number of para-hydroxylation sites is 4. The second-order valence-electron chi connectivity index (χ2n) is 30.4. The number of carbonyl (C=O) groups excluding carboxylic acids is 12. The number of fused-ring (bicyclic) bond motifs is 26. The molecule has 0 spiro atoms. The zero-order chi connectivity index (χ0) is 92.5. The van der Waals surface area contributed by atoms with Crippen molar-refractivity contribution < 1.29 is 132 Å². The van der Waals surface area contributed by atoms with Gasteiger partial charge in [-0.05, 0) is 113 Å². The molecule has 4 aromatic rings. The first-order valence-electron chi connectivity index (χ1n) is 41.9. The molecule has 12 bridgehead atoms. The SMILES string of the molecule is O=C(O)CC[C@H](NP(=O)(O)OCCC[C@H](NC(=O)CC[C@H](NC(=O)CCCCCNC(=O)CCCC(=O)NCCCCC1CN2CCNC(=O)c3cccc(c3O)C(=O)NCCN3CCNC(=O)c4cccc(c4O)C(=O)NCCN(CCNC(=O)c4cccc(c4O)C(=O)NCCN(CCNC(=O)c4cccc(c4O)C(=O)N1)CC3)CC2)C(=O)O)C(=O)O)C(=O)O. The van der Waals surface area contributed by atoms with E-state index in [1.807, 2.05) is 24.7 Å². The lowest BCUT2D eigenvalue weighted by Crippen LogP contribution is -2.49. The van der Waals surface area contributed by atoms with Crippen LogP contribution in [-0.4, -0.2) is 328 Å². The fourth-order valence-electron chi connectivity index (χ4n) is 13.9. The summed E-state index contributed by atoms with van der Waals surface area (Å²) in [5, 5.41) is 119. The Labute approximate surface area is 730 Å². The first kappa shape index (κ1) is 102. The molecular weight excluding hydrogens is 1690 g/mol. The smallest absolute Gasteiger partial charge is 0.403 e. The maximum Gasteiger partial charge on any atom is 0.403 e. The van der Waals surface area contributed by atoms with Gasteiger partial charge in [-0.15, -0.1) is 0 Å². The van der Waals surface area contributed by atoms with E-state index < -0.39 is 170 Å². The van der Waals surface area contributed by atoms with Gasteiger partial charge in [0.15, 0.2) is 0 Å². The molecule has 0 fully saturated rings. The lowest BCUT2D eigenvalue weighted by atomic mass is 10.0. The first-order chi connectivity index (χ1) is 60.7. The van der Waals surface area contributed by atoms with E-state index in [2.05, 4.69) is 63.8 Å². The van der Waals surface area contributed by atoms with Gasteiger partial charge in [0.2, 0.25) is 23.6 Å². The summed E-state index contributed by atoms with van der Waals surface area (Å²) >= 11 is 0. The molecule has 0 radical (unpaired) electrons. The van der Waals surface area contributed by atoms with Crippen LogP contribution in [0.3, 0.4) is 0 Å². The highest BCUT2D eigenvalue weighted by molar-refractivity contribution is 7.50. The van der Waals surface area contributed by atoms with E-state index in [9.17, 15) is 122 Å². The van der Waals surface area contributed by atoms with Crippen molar-refractivity contribution in [3.8, 4) is 23.0 Å². The number of carbonyl (C=O) groups is 16. The Kier molecular flexibility index (Phi) is 42.0. The Balaban J connectivity index is 0.999. The predicted molar refractivity (Wildman–Crippen MR) is 453 cm³/mol. The van der Waals surface area contributed by atoms with Gasteiger partial charge in [0, 0.05) is 176 Å². The normalized spacial score (nSPS) is 19.4. The summed E-state index contributed by atoms with van der Waals surface area (Å²) in [6.07, 6.45) is -0.765. The van der Waals surface area contributed by atoms with Gasteiger partial charge >= 0.3 is 31.6 Å². The molecule has 0 saturated carbocycles. The van der Waals surface area contributed by atoms with Crippen molar-refractivity contribution in [2.45, 2.75) is 127 Å². The van der Waals surface area contributed by atoms with E-state index >= 15 is 0 Å². The molecule has 8 rings (SSSR count). The summed E-state index contributed by atoms with van der Waals surface area (Å²) in [4.78, 5) is 228. The molecule has 9 atom stereocenters. The molecule has 694 valence electrons. The molecule has 4 aromatic carbocycles. The molecule has 12 amide bonds. The quantitative estimate of drug-likeness (QED) is 0.0199. The van der Waals surface area contributed by atoms with Crippen LogP contribution < -0.4 is 68.9 Å². The molecule has 0 saturated heterocycles. The van der Waals surface area contributed by atoms with Crippen LogP contribution in [0.1, 0.15) is 186 Å². The highest BCUT2D eigenvalue weighted by Crippen LogP contribution is 2.38. The molecule has 4 aliphatic rings. The number of benzene rings is 4. The summed E-state index contributed by atoms with van der Waals surface area (Å²) in [5.41, 5.74) is -1.77. The second kappa shape index (κ2) is 52.5. The zero-order valence-corrected chi connectivity index (χ0v) is 71.1. The molecule has 45 heteroatoms. The van der Waals surface area contributed by atoms with Crippen LogP contribution >= 0.6 is 7.75 Å². The van der Waals surface area contributed by atoms with Crippen LogP contribution in [0.4, 0.5) is 0 Å². The van der Waals surface area contributed by atoms with Crippen molar-refractivity contribution >= 4 is 103 Å². The maximum absolute atomic E-state index is 14.7. The molecule has 4 aliphatic heterocycles. The molecule has 127 heavy (non-hydrogen) atoms. The van der Waals surface area contributed by atoms with E-state index in [0.29, 0.717) is 25.7 Å². The number of hydrogen-bond donors (Lipinski definition) is 22. The van der Waals surface area contributed by atoms with Crippen molar-refractivity contribution in [1.29, 1.82) is 0 Å². The number of rotatable bonds is 33. The van der Waals surface area contributed by atoms with Crippen LogP contribution in [0.2, 0.25) is 0 Å². The molecule has 6 unspecified atom stereocenters. The Morgan fingerprint density at radius 1 is 0.370 bits per heavy atom. The van der Waals surface area contributed by atoms with Gasteiger partial charge in [0.1, 0.15) is 41.1 Å². The lowest BCUT2D eigenvalue weighted by Gasteiger charge is -2.31. The van der Waals surface area contributed by atoms with Crippen LogP contribution in [0.5, 0.6) is 23.0 Å². The summed E-state index contributed by atoms with van der Waals surface area (Å²) < 4.78 is 17.1. The van der Waals surface area contributed by atoms with E-state index in [1.54, 1.807) is 0 Å². The van der Waals surface area contributed by atoms with Crippen molar-refractivity contribution in [3.63, 3.8) is 0 Å². The third-order valence-electron chi connectivity index (χ3n) is 21.0. The van der Waals surface area contributed by atoms with Crippen LogP contribution in [-0.2, 0) is 47.4 Å². The fourth-order valence-corrected chi connectivity index (χ4v) is 15.0. The van der Waals surface area contributed by atoms with Crippen molar-refractivity contribution in [3.05, 3.63) is 117 Å². The van der Waals surface area contributed by atoms with Gasteiger partial charge < -0.3 is 110 Å². The highest BCUT2D eigenvalue weighted by atomic mass is 31.2. The standard InChI is InChI=1S/C82H114N17O27P/c100-63(83-29-4-1-2-22-65(102)94-61(81(120)121)25-27-66(103)93-60(80(118)119)21-11-49-126-127(124,125)95-62(82(122)123)26-28-67(104)105)23-10-24-64(101)84-30-5-3-12-51-50-99-44-37-91-77(115)57-18-8-17-56(70(57)108)74(112)87-32-39-96-38-31-85-72(110)52-13-6-15-54(68(52)106)75(113)88-35-42-98(47-48-99)43-36-89-76(114)55-16-7-14-53(69(55)107)73(111)86-33-40-97(46-45-96)41-34-90-78(116)58-19-9-20-59(71(58)109)79(117)92-51/h6-9,13-20,51,60-62,106-109H,1-5,10-12,21-50H2,(H,83,100)(H,84,101)(H,85,110)(H,86,111)(H,87,112)(H,88,113)(H,89,114)(H,90,116)(H,91,115)(H,92,117)(H,93,103)(H,94,102)(H,104,105)(H,118,119)(H,120,121)(H,122,123)(H2,95,124,125)/t51?,60-,61-,62-/m0/s1. The van der Waals surface area contributed by atoms with Crippen LogP contribution in [0.25, 0.3) is 0 Å². The second-order valence-corrected chi connectivity index (χ2v) is 31.9. The predicted octanol–water partition coefficient (Wildman–Crippen LogP) is -1.08. The zero-order valence-electron chi connectivity index (χ0n) is 70.2. The monoisotopic (exact) mass is 1800 g/mol. The minimum Gasteiger partial charge on any atom is -0.506 e. The van der Waals surface area contributed by atoms with Gasteiger partial charge in [-0.2, -0.15) is 0 Å².